The van der Waals surface area contributed by atoms with Crippen LogP contribution in [-0.2, 0) is 16.1 Å². The molecule has 4 heteroatoms. The van der Waals surface area contributed by atoms with Gasteiger partial charge in [-0.05, 0) is 51.4 Å². The number of nitrogens with one attached hydrogen (secondary N) is 1. The third-order valence-electron chi connectivity index (χ3n) is 3.92. The van der Waals surface area contributed by atoms with E-state index in [0.717, 1.165) is 24.3 Å². The van der Waals surface area contributed by atoms with Crippen molar-refractivity contribution in [3.8, 4) is 0 Å². The topological polar surface area (TPSA) is 44.3 Å². The zero-order valence-electron chi connectivity index (χ0n) is 10.7. The molecule has 0 spiro atoms. The maximum atomic E-state index is 11.8. The number of methoxy groups -OCH3 is 1. The van der Waals surface area contributed by atoms with Gasteiger partial charge in [0, 0.05) is 25.0 Å². The molecule has 0 heterocycles. The van der Waals surface area contributed by atoms with Gasteiger partial charge in [0.2, 0.25) is 0 Å². The van der Waals surface area contributed by atoms with Crippen molar-refractivity contribution in [2.45, 2.75) is 44.5 Å². The average Bonchev–Trinajstić information content (AvgIpc) is 2.67. The first-order valence-corrected chi connectivity index (χ1v) is 7.26. The zero-order valence-corrected chi connectivity index (χ0v) is 11.5. The van der Waals surface area contributed by atoms with Crippen LogP contribution in [0.2, 0.25) is 0 Å². The maximum Gasteiger partial charge on any atom is 0.136 e. The number of rotatable bonds is 4. The molecule has 0 aliphatic heterocycles. The molecule has 3 nitrogen and oxygen atoms in total. The first kappa shape index (κ1) is 12.7. The summed E-state index contributed by atoms with van der Waals surface area (Å²) < 4.78 is 20.2. The van der Waals surface area contributed by atoms with E-state index < -0.39 is 11.4 Å². The lowest BCUT2D eigenvalue weighted by Gasteiger charge is -2.24. The van der Waals surface area contributed by atoms with Gasteiger partial charge in [-0.1, -0.05) is 0 Å². The summed E-state index contributed by atoms with van der Waals surface area (Å²) in [5.74, 6) is 2.40. The van der Waals surface area contributed by atoms with E-state index in [9.17, 15) is 4.55 Å². The molecule has 0 radical (unpaired) electrons. The molecule has 0 bridgehead atoms. The molecule has 0 aromatic carbocycles. The molecule has 3 unspecified atom stereocenters. The molecule has 2 aliphatic carbocycles. The summed E-state index contributed by atoms with van der Waals surface area (Å²) >= 11 is -0.917. The number of fused-ring (bicyclic) bond motifs is 1. The Hall–Kier alpha value is 0.230. The zero-order chi connectivity index (χ0) is 11.9. The quantitative estimate of drug-likeness (QED) is 0.767. The highest BCUT2D eigenvalue weighted by atomic mass is 32.2. The summed E-state index contributed by atoms with van der Waals surface area (Å²) in [5, 5.41) is 0. The highest BCUT2D eigenvalue weighted by Gasteiger charge is 2.56. The van der Waals surface area contributed by atoms with Crippen LogP contribution in [0.5, 0.6) is 0 Å². The minimum absolute atomic E-state index is 0.154. The summed E-state index contributed by atoms with van der Waals surface area (Å²) in [4.78, 5) is 0. The fourth-order valence-electron chi connectivity index (χ4n) is 2.81. The second-order valence-corrected chi connectivity index (χ2v) is 8.10. The number of hydrogen-bond acceptors (Lipinski definition) is 3. The molecular weight excluding hydrogens is 222 g/mol. The smallest absolute Gasteiger partial charge is 0.136 e. The normalized spacial score (nSPS) is 39.6. The van der Waals surface area contributed by atoms with Crippen molar-refractivity contribution in [3.63, 3.8) is 0 Å². The third kappa shape index (κ3) is 2.55. The van der Waals surface area contributed by atoms with Gasteiger partial charge in [-0.2, -0.15) is 0 Å². The van der Waals surface area contributed by atoms with Crippen molar-refractivity contribution in [2.24, 2.45) is 17.8 Å². The largest absolute Gasteiger partial charge is 0.598 e. The van der Waals surface area contributed by atoms with Gasteiger partial charge < -0.3 is 9.29 Å². The standard InChI is InChI=1S/C12H23NO2S/c1-12(2,3)16(14)13-7-11-9-5-8(15-4)6-10(9)11/h8-11,13H,5-7H2,1-4H3/t8?,9-,10+,11?,16?. The van der Waals surface area contributed by atoms with Crippen molar-refractivity contribution in [3.05, 3.63) is 0 Å². The minimum Gasteiger partial charge on any atom is -0.598 e. The molecule has 0 aromatic heterocycles. The molecule has 2 aliphatic rings. The molecule has 2 fully saturated rings. The van der Waals surface area contributed by atoms with Gasteiger partial charge in [0.1, 0.15) is 4.75 Å². The summed E-state index contributed by atoms with van der Waals surface area (Å²) in [5.41, 5.74) is 0. The second kappa shape index (κ2) is 4.48. The van der Waals surface area contributed by atoms with Crippen LogP contribution >= 0.6 is 0 Å². The SMILES string of the molecule is COC1C[C@@H]2C(CN[S+]([O-])C(C)(C)C)[C@@H]2C1. The summed E-state index contributed by atoms with van der Waals surface area (Å²) in [7, 11) is 1.80. The van der Waals surface area contributed by atoms with Gasteiger partial charge in [-0.25, -0.2) is 0 Å². The Balaban J connectivity index is 1.68. The van der Waals surface area contributed by atoms with Crippen molar-refractivity contribution in [1.29, 1.82) is 0 Å². The monoisotopic (exact) mass is 245 g/mol. The summed E-state index contributed by atoms with van der Waals surface area (Å²) in [6.07, 6.45) is 2.89. The molecule has 2 rings (SSSR count). The molecule has 5 atom stereocenters. The Labute approximate surface area is 102 Å². The molecule has 0 saturated heterocycles. The van der Waals surface area contributed by atoms with Gasteiger partial charge in [-0.3, -0.25) is 0 Å². The van der Waals surface area contributed by atoms with Crippen molar-refractivity contribution >= 4 is 11.4 Å². The van der Waals surface area contributed by atoms with Gasteiger partial charge in [0.25, 0.3) is 0 Å². The molecule has 0 amide bonds. The fraction of sp³-hybridized carbons (Fsp3) is 1.00. The molecule has 94 valence electrons. The van der Waals surface area contributed by atoms with Crippen LogP contribution < -0.4 is 4.72 Å². The van der Waals surface area contributed by atoms with E-state index in [1.54, 1.807) is 7.11 Å². The van der Waals surface area contributed by atoms with Crippen LogP contribution in [0, 0.1) is 17.8 Å². The Kier molecular flexibility index (Phi) is 3.55. The van der Waals surface area contributed by atoms with Crippen molar-refractivity contribution < 1.29 is 9.29 Å². The van der Waals surface area contributed by atoms with Crippen LogP contribution in [0.3, 0.4) is 0 Å². The van der Waals surface area contributed by atoms with Crippen LogP contribution in [0.4, 0.5) is 0 Å². The Morgan fingerprint density at radius 3 is 2.31 bits per heavy atom. The lowest BCUT2D eigenvalue weighted by atomic mass is 10.1. The first-order chi connectivity index (χ1) is 7.43. The lowest BCUT2D eigenvalue weighted by Crippen LogP contribution is -2.40. The van der Waals surface area contributed by atoms with Crippen LogP contribution in [0.25, 0.3) is 0 Å². The molecule has 1 N–H and O–H groups in total. The highest BCUT2D eigenvalue weighted by Crippen LogP contribution is 2.57. The van der Waals surface area contributed by atoms with E-state index in [1.807, 2.05) is 20.8 Å². The number of hydrogen-bond donors (Lipinski definition) is 1. The predicted molar refractivity (Wildman–Crippen MR) is 66.4 cm³/mol. The lowest BCUT2D eigenvalue weighted by molar-refractivity contribution is 0.0937. The van der Waals surface area contributed by atoms with E-state index in [2.05, 4.69) is 4.72 Å². The van der Waals surface area contributed by atoms with E-state index in [4.69, 9.17) is 4.74 Å². The summed E-state index contributed by atoms with van der Waals surface area (Å²) in [6, 6.07) is 0. The van der Waals surface area contributed by atoms with Gasteiger partial charge >= 0.3 is 0 Å². The summed E-state index contributed by atoms with van der Waals surface area (Å²) in [6.45, 7) is 6.93. The van der Waals surface area contributed by atoms with Crippen LogP contribution in [0.1, 0.15) is 33.6 Å². The predicted octanol–water partition coefficient (Wildman–Crippen LogP) is 1.71. The Morgan fingerprint density at radius 1 is 1.31 bits per heavy atom. The first-order valence-electron chi connectivity index (χ1n) is 6.11. The fourth-order valence-corrected chi connectivity index (χ4v) is 3.59. The highest BCUT2D eigenvalue weighted by molar-refractivity contribution is 7.90. The molecule has 2 saturated carbocycles. The van der Waals surface area contributed by atoms with Gasteiger partial charge in [0.05, 0.1) is 6.10 Å². The van der Waals surface area contributed by atoms with E-state index >= 15 is 0 Å². The maximum absolute atomic E-state index is 11.8. The third-order valence-corrected chi connectivity index (χ3v) is 5.46. The van der Waals surface area contributed by atoms with E-state index in [1.165, 1.54) is 12.8 Å². The Bertz CT molecular complexity index is 242. The van der Waals surface area contributed by atoms with Crippen LogP contribution in [0.15, 0.2) is 0 Å². The molecular formula is C12H23NO2S. The molecule has 0 aromatic rings. The van der Waals surface area contributed by atoms with E-state index in [0.29, 0.717) is 6.10 Å². The second-order valence-electron chi connectivity index (χ2n) is 6.05. The molecule has 16 heavy (non-hydrogen) atoms. The van der Waals surface area contributed by atoms with E-state index in [-0.39, 0.29) is 4.75 Å². The van der Waals surface area contributed by atoms with Crippen molar-refractivity contribution in [2.75, 3.05) is 13.7 Å². The minimum atomic E-state index is -0.917. The van der Waals surface area contributed by atoms with Gasteiger partial charge in [-0.15, -0.1) is 4.72 Å². The van der Waals surface area contributed by atoms with Gasteiger partial charge in [0.15, 0.2) is 0 Å². The average molecular weight is 245 g/mol. The number of ether oxygens (including phenoxy) is 1. The Morgan fingerprint density at radius 2 is 1.88 bits per heavy atom. The van der Waals surface area contributed by atoms with Crippen LogP contribution in [-0.4, -0.2) is 29.1 Å². The van der Waals surface area contributed by atoms with Crippen molar-refractivity contribution in [1.82, 2.24) is 4.72 Å².